The first-order valence-corrected chi connectivity index (χ1v) is 19.5. The van der Waals surface area contributed by atoms with Crippen molar-refractivity contribution >= 4 is 65.7 Å². The van der Waals surface area contributed by atoms with Crippen LogP contribution in [0.2, 0.25) is 0 Å². The van der Waals surface area contributed by atoms with Gasteiger partial charge in [0.2, 0.25) is 0 Å². The molecule has 0 bridgehead atoms. The molecule has 0 amide bonds. The molecular formula is C51H36N4O2. The number of nitrogens with zero attached hydrogens (tertiary/aromatic N) is 1. The number of nitrogens with one attached hydrogen (secondary N) is 3. The van der Waals surface area contributed by atoms with Gasteiger partial charge in [0.15, 0.2) is 0 Å². The van der Waals surface area contributed by atoms with Crippen LogP contribution in [-0.4, -0.2) is 4.57 Å². The fourth-order valence-electron chi connectivity index (χ4n) is 9.01. The molecule has 1 saturated heterocycles. The molecule has 3 N–H and O–H groups in total. The lowest BCUT2D eigenvalue weighted by molar-refractivity contribution is 0.203. The van der Waals surface area contributed by atoms with Gasteiger partial charge in [-0.25, -0.2) is 0 Å². The molecule has 57 heavy (non-hydrogen) atoms. The van der Waals surface area contributed by atoms with Crippen LogP contribution in [0.15, 0.2) is 191 Å². The summed E-state index contributed by atoms with van der Waals surface area (Å²) in [5.41, 5.74) is 12.5. The minimum atomic E-state index is -0.121. The van der Waals surface area contributed by atoms with E-state index in [4.69, 9.17) is 8.83 Å². The van der Waals surface area contributed by atoms with Crippen LogP contribution in [0.3, 0.4) is 0 Å². The van der Waals surface area contributed by atoms with Crippen molar-refractivity contribution in [2.75, 3.05) is 0 Å². The van der Waals surface area contributed by atoms with Crippen molar-refractivity contribution < 1.29 is 8.83 Å². The molecule has 0 radical (unpaired) electrons. The van der Waals surface area contributed by atoms with Crippen LogP contribution in [-0.2, 0) is 0 Å². The van der Waals surface area contributed by atoms with Gasteiger partial charge in [0, 0.05) is 43.6 Å². The van der Waals surface area contributed by atoms with Crippen molar-refractivity contribution in [3.05, 3.63) is 199 Å². The SMILES string of the molecule is c1ccc(C2NC(c3ccccc3)NC(c3ccc4c(c3)oc3c(-c5ccc6c(c5)oc5ccc(-n7c8ccccc8c8ccccc87)cc56)cccc34)N2)cc1. The Hall–Kier alpha value is -6.96. The van der Waals surface area contributed by atoms with Crippen LogP contribution in [0.5, 0.6) is 0 Å². The predicted molar refractivity (Wildman–Crippen MR) is 231 cm³/mol. The van der Waals surface area contributed by atoms with Crippen molar-refractivity contribution in [3.8, 4) is 16.8 Å². The van der Waals surface area contributed by atoms with E-state index >= 15 is 0 Å². The first-order valence-electron chi connectivity index (χ1n) is 19.5. The molecule has 11 aromatic rings. The standard InChI is InChI=1S/C51H36N4O2/c1-3-12-31(13-4-1)49-52-50(32-14-5-2-6-15-32)54-51(53-49)34-23-26-39-41-19-11-18-36(48(41)57-47(39)29-34)33-22-25-40-42-30-35(24-27-45(42)56-46(40)28-33)55-43-20-9-7-16-37(43)38-17-8-10-21-44(38)55/h1-30,49-54H. The highest BCUT2D eigenvalue weighted by Crippen LogP contribution is 2.40. The Bertz CT molecular complexity index is 3210. The topological polar surface area (TPSA) is 67.3 Å². The maximum Gasteiger partial charge on any atom is 0.143 e. The summed E-state index contributed by atoms with van der Waals surface area (Å²) in [6.07, 6.45) is -0.215. The minimum Gasteiger partial charge on any atom is -0.456 e. The summed E-state index contributed by atoms with van der Waals surface area (Å²) in [6, 6.07) is 64.3. The molecule has 4 heterocycles. The second-order valence-electron chi connectivity index (χ2n) is 15.0. The molecule has 0 saturated carbocycles. The number of para-hydroxylation sites is 3. The lowest BCUT2D eigenvalue weighted by Gasteiger charge is -2.39. The minimum absolute atomic E-state index is 0.0472. The van der Waals surface area contributed by atoms with Gasteiger partial charge in [0.1, 0.15) is 22.3 Å². The summed E-state index contributed by atoms with van der Waals surface area (Å²) in [4.78, 5) is 0. The van der Waals surface area contributed by atoms with E-state index in [1.54, 1.807) is 0 Å². The number of fused-ring (bicyclic) bond motifs is 9. The lowest BCUT2D eigenvalue weighted by Crippen LogP contribution is -2.54. The molecule has 2 unspecified atom stereocenters. The highest BCUT2D eigenvalue weighted by Gasteiger charge is 2.30. The summed E-state index contributed by atoms with van der Waals surface area (Å²) in [6.45, 7) is 0. The number of hydrogen-bond acceptors (Lipinski definition) is 5. The molecule has 1 aliphatic rings. The normalized spacial score (nSPS) is 17.4. The highest BCUT2D eigenvalue weighted by molar-refractivity contribution is 6.12. The Kier molecular flexibility index (Phi) is 7.25. The molecule has 6 nitrogen and oxygen atoms in total. The molecule has 12 rings (SSSR count). The van der Waals surface area contributed by atoms with Gasteiger partial charge in [-0.15, -0.1) is 0 Å². The Labute approximate surface area is 327 Å². The van der Waals surface area contributed by atoms with Gasteiger partial charge in [-0.05, 0) is 70.8 Å². The molecule has 6 heteroatoms. The first kappa shape index (κ1) is 32.3. The maximum absolute atomic E-state index is 6.79. The number of hydrogen-bond donors (Lipinski definition) is 3. The van der Waals surface area contributed by atoms with Crippen molar-refractivity contribution in [1.82, 2.24) is 20.5 Å². The van der Waals surface area contributed by atoms with Crippen LogP contribution in [0, 0.1) is 0 Å². The summed E-state index contributed by atoms with van der Waals surface area (Å²) in [7, 11) is 0. The number of benzene rings is 8. The van der Waals surface area contributed by atoms with E-state index in [1.165, 1.54) is 32.9 Å². The summed E-state index contributed by atoms with van der Waals surface area (Å²) in [5.74, 6) is 0. The highest BCUT2D eigenvalue weighted by atomic mass is 16.3. The number of rotatable bonds is 5. The van der Waals surface area contributed by atoms with Gasteiger partial charge in [-0.1, -0.05) is 133 Å². The summed E-state index contributed by atoms with van der Waals surface area (Å²) < 4.78 is 15.7. The van der Waals surface area contributed by atoms with E-state index in [2.05, 4.69) is 203 Å². The second-order valence-corrected chi connectivity index (χ2v) is 15.0. The second kappa shape index (κ2) is 12.8. The van der Waals surface area contributed by atoms with Gasteiger partial charge in [0.25, 0.3) is 0 Å². The Morgan fingerprint density at radius 3 is 1.65 bits per heavy atom. The van der Waals surface area contributed by atoms with E-state index in [1.807, 2.05) is 0 Å². The predicted octanol–water partition coefficient (Wildman–Crippen LogP) is 12.4. The number of furan rings is 2. The van der Waals surface area contributed by atoms with E-state index in [0.717, 1.165) is 66.3 Å². The smallest absolute Gasteiger partial charge is 0.143 e. The van der Waals surface area contributed by atoms with Crippen LogP contribution >= 0.6 is 0 Å². The molecule has 0 aliphatic carbocycles. The lowest BCUT2D eigenvalue weighted by atomic mass is 10.00. The van der Waals surface area contributed by atoms with E-state index in [9.17, 15) is 0 Å². The fraction of sp³-hybridized carbons (Fsp3) is 0.0588. The molecule has 2 atom stereocenters. The molecule has 8 aromatic carbocycles. The van der Waals surface area contributed by atoms with Crippen LogP contribution in [0.1, 0.15) is 35.2 Å². The molecule has 0 spiro atoms. The molecule has 272 valence electrons. The quantitative estimate of drug-likeness (QED) is 0.164. The van der Waals surface area contributed by atoms with Gasteiger partial charge in [-0.2, -0.15) is 0 Å². The third-order valence-electron chi connectivity index (χ3n) is 11.7. The third-order valence-corrected chi connectivity index (χ3v) is 11.7. The molecule has 1 fully saturated rings. The van der Waals surface area contributed by atoms with Gasteiger partial charge < -0.3 is 13.4 Å². The van der Waals surface area contributed by atoms with Crippen molar-refractivity contribution in [2.24, 2.45) is 0 Å². The first-order chi connectivity index (χ1) is 28.2. The van der Waals surface area contributed by atoms with Gasteiger partial charge >= 0.3 is 0 Å². The van der Waals surface area contributed by atoms with E-state index < -0.39 is 0 Å². The van der Waals surface area contributed by atoms with Crippen molar-refractivity contribution in [3.63, 3.8) is 0 Å². The average Bonchev–Trinajstić information content (AvgIpc) is 3.95. The monoisotopic (exact) mass is 736 g/mol. The zero-order chi connectivity index (χ0) is 37.5. The summed E-state index contributed by atoms with van der Waals surface area (Å²) >= 11 is 0. The van der Waals surface area contributed by atoms with E-state index in [0.29, 0.717) is 0 Å². The van der Waals surface area contributed by atoms with Crippen molar-refractivity contribution in [1.29, 1.82) is 0 Å². The Balaban J connectivity index is 0.918. The zero-order valence-electron chi connectivity index (χ0n) is 30.8. The van der Waals surface area contributed by atoms with Gasteiger partial charge in [-0.3, -0.25) is 16.0 Å². The zero-order valence-corrected chi connectivity index (χ0v) is 30.8. The Morgan fingerprint density at radius 2 is 0.947 bits per heavy atom. The maximum atomic E-state index is 6.79. The largest absolute Gasteiger partial charge is 0.456 e. The number of aromatic nitrogens is 1. The average molecular weight is 737 g/mol. The Morgan fingerprint density at radius 1 is 0.368 bits per heavy atom. The van der Waals surface area contributed by atoms with Crippen LogP contribution in [0.25, 0.3) is 82.5 Å². The molecule has 3 aromatic heterocycles. The van der Waals surface area contributed by atoms with Crippen molar-refractivity contribution in [2.45, 2.75) is 18.5 Å². The fourth-order valence-corrected chi connectivity index (χ4v) is 9.01. The summed E-state index contributed by atoms with van der Waals surface area (Å²) in [5, 5.41) is 18.2. The molecule has 1 aliphatic heterocycles. The van der Waals surface area contributed by atoms with Crippen LogP contribution < -0.4 is 16.0 Å². The van der Waals surface area contributed by atoms with E-state index in [-0.39, 0.29) is 18.5 Å². The third kappa shape index (κ3) is 5.23. The van der Waals surface area contributed by atoms with Gasteiger partial charge in [0.05, 0.1) is 29.5 Å². The molecular weight excluding hydrogens is 701 g/mol. The van der Waals surface area contributed by atoms with Crippen LogP contribution in [0.4, 0.5) is 0 Å².